The van der Waals surface area contributed by atoms with Gasteiger partial charge in [-0.25, -0.2) is 0 Å². The second kappa shape index (κ2) is 6.43. The van der Waals surface area contributed by atoms with Crippen molar-refractivity contribution in [1.82, 2.24) is 15.1 Å². The predicted molar refractivity (Wildman–Crippen MR) is 81.5 cm³/mol. The van der Waals surface area contributed by atoms with E-state index in [4.69, 9.17) is 4.74 Å². The summed E-state index contributed by atoms with van der Waals surface area (Å²) in [4.78, 5) is 12.2. The molecule has 0 aliphatic rings. The van der Waals surface area contributed by atoms with Gasteiger partial charge in [-0.3, -0.25) is 9.48 Å². The minimum atomic E-state index is -0.114. The van der Waals surface area contributed by atoms with Crippen molar-refractivity contribution in [2.45, 2.75) is 33.9 Å². The molecule has 2 aromatic rings. The zero-order valence-corrected chi connectivity index (χ0v) is 12.9. The van der Waals surface area contributed by atoms with Gasteiger partial charge in [0, 0.05) is 29.9 Å². The summed E-state index contributed by atoms with van der Waals surface area (Å²) >= 11 is 0. The molecular weight excluding hydrogens is 266 g/mol. The molecular formula is C16H21N3O2. The van der Waals surface area contributed by atoms with E-state index in [1.54, 1.807) is 25.3 Å². The first-order valence-electron chi connectivity index (χ1n) is 7.02. The largest absolute Gasteiger partial charge is 0.497 e. The van der Waals surface area contributed by atoms with E-state index in [1.165, 1.54) is 0 Å². The number of aromatic nitrogens is 2. The van der Waals surface area contributed by atoms with Crippen molar-refractivity contribution in [3.63, 3.8) is 0 Å². The Morgan fingerprint density at radius 2 is 2.14 bits per heavy atom. The first-order chi connectivity index (χ1) is 10.1. The van der Waals surface area contributed by atoms with Crippen molar-refractivity contribution in [2.75, 3.05) is 7.11 Å². The molecule has 0 bridgehead atoms. The minimum Gasteiger partial charge on any atom is -0.497 e. The Bertz CT molecular complexity index is 647. The number of benzene rings is 1. The number of ether oxygens (including phenoxy) is 1. The fraction of sp³-hybridized carbons (Fsp3) is 0.375. The van der Waals surface area contributed by atoms with Gasteiger partial charge in [0.2, 0.25) is 0 Å². The highest BCUT2D eigenvalue weighted by Gasteiger charge is 2.12. The van der Waals surface area contributed by atoms with Crippen LogP contribution >= 0.6 is 0 Å². The van der Waals surface area contributed by atoms with Gasteiger partial charge >= 0.3 is 0 Å². The number of nitrogens with zero attached hydrogens (tertiary/aromatic N) is 2. The van der Waals surface area contributed by atoms with Crippen molar-refractivity contribution in [3.8, 4) is 5.75 Å². The fourth-order valence-corrected chi connectivity index (χ4v) is 2.33. The van der Waals surface area contributed by atoms with Crippen LogP contribution in [0.25, 0.3) is 0 Å². The van der Waals surface area contributed by atoms with Crippen LogP contribution in [0.2, 0.25) is 0 Å². The molecule has 0 atom stereocenters. The Labute approximate surface area is 124 Å². The van der Waals surface area contributed by atoms with Crippen LogP contribution in [0.1, 0.15) is 34.2 Å². The third-order valence-electron chi connectivity index (χ3n) is 3.59. The van der Waals surface area contributed by atoms with Gasteiger partial charge in [0.05, 0.1) is 12.8 Å². The summed E-state index contributed by atoms with van der Waals surface area (Å²) in [6.07, 6.45) is 0. The number of aryl methyl sites for hydroxylation is 2. The fourth-order valence-electron chi connectivity index (χ4n) is 2.33. The summed E-state index contributed by atoms with van der Waals surface area (Å²) in [5.74, 6) is 0.561. The van der Waals surface area contributed by atoms with Gasteiger partial charge in [-0.1, -0.05) is 6.07 Å². The monoisotopic (exact) mass is 287 g/mol. The van der Waals surface area contributed by atoms with Crippen LogP contribution < -0.4 is 10.1 Å². The summed E-state index contributed by atoms with van der Waals surface area (Å²) in [7, 11) is 1.59. The van der Waals surface area contributed by atoms with E-state index < -0.39 is 0 Å². The third kappa shape index (κ3) is 3.24. The highest BCUT2D eigenvalue weighted by molar-refractivity contribution is 5.94. The lowest BCUT2D eigenvalue weighted by molar-refractivity contribution is 0.0950. The number of amides is 1. The topological polar surface area (TPSA) is 56.2 Å². The second-order valence-corrected chi connectivity index (χ2v) is 4.88. The van der Waals surface area contributed by atoms with E-state index in [-0.39, 0.29) is 5.91 Å². The number of carbonyl (C=O) groups excluding carboxylic acids is 1. The molecule has 0 unspecified atom stereocenters. The van der Waals surface area contributed by atoms with Gasteiger partial charge in [-0.15, -0.1) is 0 Å². The summed E-state index contributed by atoms with van der Waals surface area (Å²) < 4.78 is 7.08. The van der Waals surface area contributed by atoms with Crippen LogP contribution in [0.4, 0.5) is 0 Å². The first-order valence-corrected chi connectivity index (χ1v) is 7.02. The van der Waals surface area contributed by atoms with Crippen LogP contribution in [0.15, 0.2) is 24.3 Å². The van der Waals surface area contributed by atoms with E-state index in [2.05, 4.69) is 17.3 Å². The lowest BCUT2D eigenvalue weighted by atomic mass is 10.1. The molecule has 1 aromatic heterocycles. The maximum absolute atomic E-state index is 12.2. The van der Waals surface area contributed by atoms with Gasteiger partial charge < -0.3 is 10.1 Å². The summed E-state index contributed by atoms with van der Waals surface area (Å²) in [6.45, 7) is 7.35. The normalized spacial score (nSPS) is 10.5. The van der Waals surface area contributed by atoms with Crippen molar-refractivity contribution in [2.24, 2.45) is 0 Å². The number of rotatable bonds is 5. The SMILES string of the molecule is CCn1nc(C)c(CNC(=O)c2cccc(OC)c2)c1C. The number of methoxy groups -OCH3 is 1. The molecule has 1 aromatic carbocycles. The van der Waals surface area contributed by atoms with Crippen LogP contribution in [0.5, 0.6) is 5.75 Å². The lowest BCUT2D eigenvalue weighted by Crippen LogP contribution is -2.23. The molecule has 0 radical (unpaired) electrons. The molecule has 0 aliphatic heterocycles. The number of nitrogens with one attached hydrogen (secondary N) is 1. The molecule has 21 heavy (non-hydrogen) atoms. The van der Waals surface area contributed by atoms with Crippen LogP contribution in [-0.2, 0) is 13.1 Å². The molecule has 5 heteroatoms. The van der Waals surface area contributed by atoms with Crippen molar-refractivity contribution in [1.29, 1.82) is 0 Å². The van der Waals surface area contributed by atoms with E-state index in [1.807, 2.05) is 24.6 Å². The average molecular weight is 287 g/mol. The number of hydrogen-bond acceptors (Lipinski definition) is 3. The smallest absolute Gasteiger partial charge is 0.251 e. The molecule has 2 rings (SSSR count). The van der Waals surface area contributed by atoms with E-state index in [0.29, 0.717) is 17.9 Å². The average Bonchev–Trinajstić information content (AvgIpc) is 2.79. The molecule has 112 valence electrons. The molecule has 0 fully saturated rings. The Hall–Kier alpha value is -2.30. The molecule has 0 saturated carbocycles. The van der Waals surface area contributed by atoms with Gasteiger partial charge in [0.25, 0.3) is 5.91 Å². The van der Waals surface area contributed by atoms with E-state index in [9.17, 15) is 4.79 Å². The highest BCUT2D eigenvalue weighted by atomic mass is 16.5. The van der Waals surface area contributed by atoms with Gasteiger partial charge in [0.15, 0.2) is 0 Å². The lowest BCUT2D eigenvalue weighted by Gasteiger charge is -2.07. The molecule has 1 heterocycles. The number of carbonyl (C=O) groups is 1. The maximum atomic E-state index is 12.2. The van der Waals surface area contributed by atoms with E-state index in [0.717, 1.165) is 23.5 Å². The Morgan fingerprint density at radius 1 is 1.38 bits per heavy atom. The summed E-state index contributed by atoms with van der Waals surface area (Å²) in [5, 5.41) is 7.39. The van der Waals surface area contributed by atoms with Gasteiger partial charge in [-0.2, -0.15) is 5.10 Å². The molecule has 0 aliphatic carbocycles. The molecule has 5 nitrogen and oxygen atoms in total. The van der Waals surface area contributed by atoms with Gasteiger partial charge in [0.1, 0.15) is 5.75 Å². The Morgan fingerprint density at radius 3 is 2.76 bits per heavy atom. The zero-order chi connectivity index (χ0) is 15.4. The maximum Gasteiger partial charge on any atom is 0.251 e. The summed E-state index contributed by atoms with van der Waals surface area (Å²) in [5.41, 5.74) is 3.72. The Balaban J connectivity index is 2.09. The highest BCUT2D eigenvalue weighted by Crippen LogP contribution is 2.15. The Kier molecular flexibility index (Phi) is 4.62. The zero-order valence-electron chi connectivity index (χ0n) is 12.9. The van der Waals surface area contributed by atoms with E-state index >= 15 is 0 Å². The molecule has 1 amide bonds. The quantitative estimate of drug-likeness (QED) is 0.919. The standard InChI is InChI=1S/C16H21N3O2/c1-5-19-12(3)15(11(2)18-19)10-17-16(20)13-7-6-8-14(9-13)21-4/h6-9H,5,10H2,1-4H3,(H,17,20). The minimum absolute atomic E-state index is 0.114. The molecule has 0 saturated heterocycles. The predicted octanol–water partition coefficient (Wildman–Crippen LogP) is 2.46. The van der Waals surface area contributed by atoms with Crippen molar-refractivity contribution < 1.29 is 9.53 Å². The van der Waals surface area contributed by atoms with Crippen LogP contribution in [0.3, 0.4) is 0 Å². The third-order valence-corrected chi connectivity index (χ3v) is 3.59. The van der Waals surface area contributed by atoms with Gasteiger partial charge in [-0.05, 0) is 39.0 Å². The van der Waals surface area contributed by atoms with Crippen molar-refractivity contribution >= 4 is 5.91 Å². The molecule has 0 spiro atoms. The van der Waals surface area contributed by atoms with Crippen LogP contribution in [0, 0.1) is 13.8 Å². The summed E-state index contributed by atoms with van der Waals surface area (Å²) in [6, 6.07) is 7.12. The first kappa shape index (κ1) is 15.1. The van der Waals surface area contributed by atoms with Crippen molar-refractivity contribution in [3.05, 3.63) is 46.8 Å². The molecule has 1 N–H and O–H groups in total. The van der Waals surface area contributed by atoms with Crippen LogP contribution in [-0.4, -0.2) is 22.8 Å². The second-order valence-electron chi connectivity index (χ2n) is 4.88. The number of hydrogen-bond donors (Lipinski definition) is 1.